The first-order valence-corrected chi connectivity index (χ1v) is 21.8. The summed E-state index contributed by atoms with van der Waals surface area (Å²) < 4.78 is 23.5. The Morgan fingerprint density at radius 3 is 1.53 bits per heavy atom. The Kier molecular flexibility index (Phi) is 13.2. The van der Waals surface area contributed by atoms with Gasteiger partial charge in [0.05, 0.1) is 61.4 Å². The summed E-state index contributed by atoms with van der Waals surface area (Å²) in [5, 5.41) is 7.68. The Balaban J connectivity index is 1.11. The van der Waals surface area contributed by atoms with E-state index in [-0.39, 0.29) is 18.2 Å². The molecule has 0 bridgehead atoms. The number of anilines is 2. The number of hydrazine groups is 1. The molecule has 4 heterocycles. The van der Waals surface area contributed by atoms with Crippen LogP contribution in [0.1, 0.15) is 64.0 Å². The molecule has 4 aromatic carbocycles. The third kappa shape index (κ3) is 9.25. The molecule has 6 aromatic rings. The number of ether oxygens (including phenoxy) is 4. The van der Waals surface area contributed by atoms with E-state index in [9.17, 15) is 0 Å². The lowest BCUT2D eigenvalue weighted by molar-refractivity contribution is 0.183. The number of nitrogens with zero attached hydrogens (tertiary/aromatic N) is 6. The van der Waals surface area contributed by atoms with Gasteiger partial charge in [-0.05, 0) is 106 Å². The summed E-state index contributed by atoms with van der Waals surface area (Å²) in [6.07, 6.45) is 9.05. The molecule has 0 unspecified atom stereocenters. The number of methoxy groups -OCH3 is 2. The number of pyridine rings is 2. The van der Waals surface area contributed by atoms with Crippen molar-refractivity contribution in [2.75, 3.05) is 57.0 Å². The number of piperidine rings is 2. The van der Waals surface area contributed by atoms with Gasteiger partial charge < -0.3 is 18.9 Å². The van der Waals surface area contributed by atoms with Crippen molar-refractivity contribution in [2.45, 2.75) is 84.2 Å². The van der Waals surface area contributed by atoms with Crippen molar-refractivity contribution in [3.63, 3.8) is 0 Å². The fraction of sp³-hybridized carbons (Fsp3) is 0.400. The quantitative estimate of drug-likeness (QED) is 0.0883. The van der Waals surface area contributed by atoms with Crippen LogP contribution in [0.25, 0.3) is 21.8 Å². The van der Waals surface area contributed by atoms with Gasteiger partial charge in [-0.2, -0.15) is 0 Å². The van der Waals surface area contributed by atoms with Crippen LogP contribution in [0.15, 0.2) is 109 Å². The largest absolute Gasteiger partial charge is 0.493 e. The average Bonchev–Trinajstić information content (AvgIpc) is 3.28. The lowest BCUT2D eigenvalue weighted by Gasteiger charge is -2.51. The third-order valence-corrected chi connectivity index (χ3v) is 11.9. The number of rotatable bonds is 16. The van der Waals surface area contributed by atoms with E-state index in [0.29, 0.717) is 6.61 Å². The highest BCUT2D eigenvalue weighted by Crippen LogP contribution is 2.40. The van der Waals surface area contributed by atoms with Gasteiger partial charge in [-0.15, -0.1) is 0 Å². The van der Waals surface area contributed by atoms with Crippen LogP contribution in [0.4, 0.5) is 11.4 Å². The molecule has 2 fully saturated rings. The molecular formula is C50H60N6O4. The molecule has 8 rings (SSSR count). The molecule has 2 aliphatic heterocycles. The van der Waals surface area contributed by atoms with Gasteiger partial charge in [-0.1, -0.05) is 55.5 Å². The van der Waals surface area contributed by atoms with Gasteiger partial charge in [0, 0.05) is 62.4 Å². The molecular weight excluding hydrogens is 749 g/mol. The highest BCUT2D eigenvalue weighted by molar-refractivity contribution is 5.96. The van der Waals surface area contributed by atoms with Gasteiger partial charge in [0.25, 0.3) is 0 Å². The molecule has 2 saturated heterocycles. The lowest BCUT2D eigenvalue weighted by Crippen LogP contribution is -2.59. The van der Waals surface area contributed by atoms with Crippen LogP contribution in [-0.4, -0.2) is 85.0 Å². The third-order valence-electron chi connectivity index (χ3n) is 11.9. The summed E-state index contributed by atoms with van der Waals surface area (Å²) in [4.78, 5) is 14.9. The second kappa shape index (κ2) is 19.2. The first-order chi connectivity index (χ1) is 29.4. The van der Waals surface area contributed by atoms with Crippen LogP contribution in [0, 0.1) is 0 Å². The number of hydrogen-bond acceptors (Lipinski definition) is 10. The molecule has 0 radical (unpaired) electrons. The number of benzene rings is 4. The van der Waals surface area contributed by atoms with Gasteiger partial charge in [-0.25, -0.2) is 0 Å². The van der Waals surface area contributed by atoms with E-state index in [1.165, 1.54) is 33.3 Å². The average molecular weight is 809 g/mol. The summed E-state index contributed by atoms with van der Waals surface area (Å²) in [7, 11) is 3.41. The van der Waals surface area contributed by atoms with E-state index >= 15 is 0 Å². The highest BCUT2D eigenvalue weighted by Gasteiger charge is 2.36. The second-order valence-corrected chi connectivity index (χ2v) is 16.4. The minimum atomic E-state index is 0.0694. The zero-order valence-corrected chi connectivity index (χ0v) is 35.9. The van der Waals surface area contributed by atoms with Crippen molar-refractivity contribution in [1.82, 2.24) is 19.8 Å². The molecule has 10 heteroatoms. The topological polar surface area (TPSA) is 75.7 Å². The minimum Gasteiger partial charge on any atom is -0.493 e. The number of hydrogen-bond donors (Lipinski definition) is 0. The zero-order chi connectivity index (χ0) is 41.4. The predicted octanol–water partition coefficient (Wildman–Crippen LogP) is 9.93. The van der Waals surface area contributed by atoms with E-state index in [1.54, 1.807) is 14.2 Å². The van der Waals surface area contributed by atoms with Crippen molar-refractivity contribution >= 4 is 33.2 Å². The molecule has 0 aliphatic carbocycles. The van der Waals surface area contributed by atoms with Crippen molar-refractivity contribution in [3.05, 3.63) is 121 Å². The van der Waals surface area contributed by atoms with Gasteiger partial charge in [0.15, 0.2) is 23.0 Å². The number of para-hydroxylation sites is 2. The Bertz CT molecular complexity index is 2330. The normalized spacial score (nSPS) is 15.7. The zero-order valence-electron chi connectivity index (χ0n) is 35.9. The summed E-state index contributed by atoms with van der Waals surface area (Å²) in [5.41, 5.74) is 6.89. The van der Waals surface area contributed by atoms with Crippen molar-refractivity contribution in [3.8, 4) is 23.0 Å². The van der Waals surface area contributed by atoms with Crippen LogP contribution in [0.3, 0.4) is 0 Å². The molecule has 2 aromatic heterocycles. The molecule has 10 nitrogen and oxygen atoms in total. The van der Waals surface area contributed by atoms with Crippen LogP contribution in [0.5, 0.6) is 23.0 Å². The number of fused-ring (bicyclic) bond motifs is 2. The minimum absolute atomic E-state index is 0.0694. The lowest BCUT2D eigenvalue weighted by atomic mass is 9.99. The number of likely N-dealkylation sites (tertiary alicyclic amines) is 2. The molecule has 0 saturated carbocycles. The van der Waals surface area contributed by atoms with E-state index in [2.05, 4.69) is 126 Å². The summed E-state index contributed by atoms with van der Waals surface area (Å²) in [6.45, 7) is 12.6. The maximum atomic E-state index is 6.14. The summed E-state index contributed by atoms with van der Waals surface area (Å²) >= 11 is 0. The molecule has 0 atom stereocenters. The van der Waals surface area contributed by atoms with Gasteiger partial charge >= 0.3 is 0 Å². The van der Waals surface area contributed by atoms with Crippen molar-refractivity contribution in [1.29, 1.82) is 0 Å². The maximum absolute atomic E-state index is 6.14. The molecule has 60 heavy (non-hydrogen) atoms. The van der Waals surface area contributed by atoms with Gasteiger partial charge in [0.2, 0.25) is 0 Å². The monoisotopic (exact) mass is 808 g/mol. The van der Waals surface area contributed by atoms with Gasteiger partial charge in [-0.3, -0.25) is 29.8 Å². The van der Waals surface area contributed by atoms with E-state index in [1.807, 2.05) is 24.5 Å². The summed E-state index contributed by atoms with van der Waals surface area (Å²) in [6, 6.07) is 34.9. The first kappa shape index (κ1) is 41.2. The van der Waals surface area contributed by atoms with Crippen molar-refractivity contribution in [2.24, 2.45) is 0 Å². The first-order valence-electron chi connectivity index (χ1n) is 21.8. The Hall–Kier alpha value is -5.58. The molecule has 0 amide bonds. The van der Waals surface area contributed by atoms with Crippen LogP contribution in [-0.2, 0) is 13.1 Å². The molecule has 2 aliphatic rings. The van der Waals surface area contributed by atoms with E-state index < -0.39 is 0 Å². The summed E-state index contributed by atoms with van der Waals surface area (Å²) in [5.74, 6) is 3.18. The highest BCUT2D eigenvalue weighted by atomic mass is 16.5. The second-order valence-electron chi connectivity index (χ2n) is 16.4. The predicted molar refractivity (Wildman–Crippen MR) is 243 cm³/mol. The van der Waals surface area contributed by atoms with Gasteiger partial charge in [0.1, 0.15) is 0 Å². The fourth-order valence-electron chi connectivity index (χ4n) is 9.01. The standard InChI is InChI=1S/C50H60N6O4/c1-6-31-59-49-32-37(15-17-47(49)57-4)34-53-27-21-39(22-28-53)55(45-19-25-51-43-13-9-7-11-41(43)45)56(46-20-26-52-44-14-10-8-12-42(44)46)40-23-29-54(30-24-40)35-38-16-18-48(58-5)50(33-38)60-36(2)3/h7-20,25-26,32-33,36,39-40H,6,21-24,27-31,34-35H2,1-5H3. The van der Waals surface area contributed by atoms with Crippen molar-refractivity contribution < 1.29 is 18.9 Å². The van der Waals surface area contributed by atoms with E-state index in [0.717, 1.165) is 105 Å². The Labute approximate surface area is 355 Å². The number of aromatic nitrogens is 2. The van der Waals surface area contributed by atoms with Crippen LogP contribution in [0.2, 0.25) is 0 Å². The SMILES string of the molecule is CCCOc1cc(CN2CCC(N(c3ccnc4ccccc34)N(c3ccnc4ccccc34)C3CCN(Cc4ccc(OC)c(OC(C)C)c4)CC3)CC2)ccc1OC. The van der Waals surface area contributed by atoms with E-state index in [4.69, 9.17) is 28.9 Å². The molecule has 0 N–H and O–H groups in total. The smallest absolute Gasteiger partial charge is 0.161 e. The van der Waals surface area contributed by atoms with Crippen LogP contribution < -0.4 is 29.0 Å². The Morgan fingerprint density at radius 1 is 0.600 bits per heavy atom. The molecule has 0 spiro atoms. The fourth-order valence-corrected chi connectivity index (χ4v) is 9.01. The van der Waals surface area contributed by atoms with Crippen LogP contribution >= 0.6 is 0 Å². The Morgan fingerprint density at radius 2 is 1.07 bits per heavy atom. The molecule has 314 valence electrons. The maximum Gasteiger partial charge on any atom is 0.161 e.